The first kappa shape index (κ1) is 14.0. The summed E-state index contributed by atoms with van der Waals surface area (Å²) in [6.45, 7) is 2.54. The lowest BCUT2D eigenvalue weighted by atomic mass is 9.93. The Balaban J connectivity index is 1.60. The average molecular weight is 294 g/mol. The number of sulfone groups is 1. The summed E-state index contributed by atoms with van der Waals surface area (Å²) < 4.78 is 24.5. The summed E-state index contributed by atoms with van der Waals surface area (Å²) in [7, 11) is -3.16. The molecule has 4 nitrogen and oxygen atoms in total. The van der Waals surface area contributed by atoms with Crippen molar-refractivity contribution in [2.75, 3.05) is 25.4 Å². The van der Waals surface area contributed by atoms with E-state index >= 15 is 0 Å². The first-order valence-corrected chi connectivity index (χ1v) is 8.97. The van der Waals surface area contributed by atoms with Crippen LogP contribution in [0.3, 0.4) is 0 Å². The van der Waals surface area contributed by atoms with Gasteiger partial charge in [-0.2, -0.15) is 0 Å². The zero-order valence-corrected chi connectivity index (χ0v) is 12.4. The van der Waals surface area contributed by atoms with E-state index in [9.17, 15) is 8.42 Å². The summed E-state index contributed by atoms with van der Waals surface area (Å²) >= 11 is 0. The molecule has 3 rings (SSSR count). The summed E-state index contributed by atoms with van der Waals surface area (Å²) in [5.41, 5.74) is 6.17. The number of hydrogen-bond donors (Lipinski definition) is 1. The molecule has 1 saturated heterocycles. The molecule has 2 N–H and O–H groups in total. The van der Waals surface area contributed by atoms with Crippen molar-refractivity contribution in [3.63, 3.8) is 0 Å². The van der Waals surface area contributed by atoms with Crippen LogP contribution in [0.1, 0.15) is 12.8 Å². The van der Waals surface area contributed by atoms with Gasteiger partial charge < -0.3 is 10.6 Å². The largest absolute Gasteiger partial charge is 0.327 e. The molecule has 1 saturated carbocycles. The molecule has 2 bridgehead atoms. The SMILES string of the molecule is NC1[C@@H]2CC[C@H]1CN(CCS(=O)(=O)c1ccccc1)C2. The normalized spacial score (nSPS) is 30.6. The van der Waals surface area contributed by atoms with Gasteiger partial charge in [-0.25, -0.2) is 8.42 Å². The first-order valence-electron chi connectivity index (χ1n) is 7.32. The molecule has 0 spiro atoms. The number of benzene rings is 1. The maximum atomic E-state index is 12.3. The summed E-state index contributed by atoms with van der Waals surface area (Å²) in [5.74, 6) is 1.33. The van der Waals surface area contributed by atoms with Crippen LogP contribution in [0.5, 0.6) is 0 Å². The molecule has 20 heavy (non-hydrogen) atoms. The van der Waals surface area contributed by atoms with Crippen LogP contribution in [-0.2, 0) is 9.84 Å². The van der Waals surface area contributed by atoms with Gasteiger partial charge in [0.2, 0.25) is 0 Å². The number of hydrogen-bond acceptors (Lipinski definition) is 4. The zero-order chi connectivity index (χ0) is 14.2. The van der Waals surface area contributed by atoms with Gasteiger partial charge in [0, 0.05) is 25.7 Å². The molecule has 1 aliphatic carbocycles. The summed E-state index contributed by atoms with van der Waals surface area (Å²) in [4.78, 5) is 2.71. The Hall–Kier alpha value is -0.910. The lowest BCUT2D eigenvalue weighted by Gasteiger charge is -2.36. The highest BCUT2D eigenvalue weighted by atomic mass is 32.2. The zero-order valence-electron chi connectivity index (χ0n) is 11.6. The van der Waals surface area contributed by atoms with Crippen LogP contribution in [0.2, 0.25) is 0 Å². The third-order valence-electron chi connectivity index (χ3n) is 4.76. The van der Waals surface area contributed by atoms with Crippen molar-refractivity contribution in [3.8, 4) is 0 Å². The average Bonchev–Trinajstić information content (AvgIpc) is 2.67. The highest BCUT2D eigenvalue weighted by molar-refractivity contribution is 7.91. The Kier molecular flexibility index (Phi) is 3.84. The van der Waals surface area contributed by atoms with Gasteiger partial charge in [-0.3, -0.25) is 0 Å². The second kappa shape index (κ2) is 5.47. The molecule has 3 atom stereocenters. The van der Waals surface area contributed by atoms with Gasteiger partial charge in [0.05, 0.1) is 10.6 Å². The van der Waals surface area contributed by atoms with Crippen LogP contribution in [0.15, 0.2) is 35.2 Å². The van der Waals surface area contributed by atoms with Crippen molar-refractivity contribution in [1.82, 2.24) is 4.90 Å². The summed E-state index contributed by atoms with van der Waals surface area (Å²) in [5, 5.41) is 0. The monoisotopic (exact) mass is 294 g/mol. The molecular formula is C15H22N2O2S. The van der Waals surface area contributed by atoms with Crippen LogP contribution in [0.4, 0.5) is 0 Å². The van der Waals surface area contributed by atoms with Crippen molar-refractivity contribution in [2.45, 2.75) is 23.8 Å². The third-order valence-corrected chi connectivity index (χ3v) is 6.47. The molecule has 1 heterocycles. The minimum Gasteiger partial charge on any atom is -0.327 e. The molecule has 5 heteroatoms. The van der Waals surface area contributed by atoms with E-state index in [2.05, 4.69) is 4.90 Å². The maximum absolute atomic E-state index is 12.3. The van der Waals surface area contributed by atoms with Crippen molar-refractivity contribution in [3.05, 3.63) is 30.3 Å². The van der Waals surface area contributed by atoms with Gasteiger partial charge in [-0.05, 0) is 36.8 Å². The number of rotatable bonds is 4. The van der Waals surface area contributed by atoms with Crippen molar-refractivity contribution in [1.29, 1.82) is 0 Å². The van der Waals surface area contributed by atoms with E-state index in [4.69, 9.17) is 5.73 Å². The Morgan fingerprint density at radius 3 is 2.30 bits per heavy atom. The summed E-state index contributed by atoms with van der Waals surface area (Å²) in [6.07, 6.45) is 2.40. The van der Waals surface area contributed by atoms with Gasteiger partial charge in [0.25, 0.3) is 0 Å². The van der Waals surface area contributed by atoms with E-state index in [1.807, 2.05) is 6.07 Å². The Morgan fingerprint density at radius 2 is 1.70 bits per heavy atom. The molecule has 0 radical (unpaired) electrons. The fourth-order valence-electron chi connectivity index (χ4n) is 3.54. The second-order valence-corrected chi connectivity index (χ2v) is 8.18. The van der Waals surface area contributed by atoms with E-state index in [1.165, 1.54) is 12.8 Å². The van der Waals surface area contributed by atoms with Crippen molar-refractivity contribution >= 4 is 9.84 Å². The first-order chi connectivity index (χ1) is 9.56. The fourth-order valence-corrected chi connectivity index (χ4v) is 4.85. The predicted molar refractivity (Wildman–Crippen MR) is 79.1 cm³/mol. The molecule has 110 valence electrons. The maximum Gasteiger partial charge on any atom is 0.179 e. The highest BCUT2D eigenvalue weighted by Crippen LogP contribution is 2.35. The van der Waals surface area contributed by atoms with E-state index in [0.717, 1.165) is 13.1 Å². The Labute approximate surface area is 120 Å². The minimum atomic E-state index is -3.16. The van der Waals surface area contributed by atoms with E-state index in [-0.39, 0.29) is 5.75 Å². The molecule has 1 aromatic rings. The molecule has 1 aliphatic heterocycles. The Bertz CT molecular complexity index is 544. The van der Waals surface area contributed by atoms with Gasteiger partial charge in [0.1, 0.15) is 0 Å². The Morgan fingerprint density at radius 1 is 1.10 bits per heavy atom. The smallest absolute Gasteiger partial charge is 0.179 e. The molecule has 0 aromatic heterocycles. The molecular weight excluding hydrogens is 272 g/mol. The lowest BCUT2D eigenvalue weighted by molar-refractivity contribution is 0.155. The minimum absolute atomic E-state index is 0.200. The fraction of sp³-hybridized carbons (Fsp3) is 0.600. The van der Waals surface area contributed by atoms with Crippen molar-refractivity contribution in [2.24, 2.45) is 17.6 Å². The van der Waals surface area contributed by atoms with Crippen LogP contribution in [0.25, 0.3) is 0 Å². The lowest BCUT2D eigenvalue weighted by Crippen LogP contribution is -2.49. The van der Waals surface area contributed by atoms with Crippen LogP contribution < -0.4 is 5.73 Å². The molecule has 2 aliphatic rings. The quantitative estimate of drug-likeness (QED) is 0.904. The molecule has 0 amide bonds. The number of fused-ring (bicyclic) bond motifs is 2. The summed E-state index contributed by atoms with van der Waals surface area (Å²) in [6, 6.07) is 9.05. The standard InChI is InChI=1S/C15H22N2O2S/c16-15-12-6-7-13(15)11-17(10-12)8-9-20(18,19)14-4-2-1-3-5-14/h1-5,12-13,15H,6-11,16H2/t12-,13+,15?. The van der Waals surface area contributed by atoms with Crippen LogP contribution in [0, 0.1) is 11.8 Å². The van der Waals surface area contributed by atoms with Crippen LogP contribution in [-0.4, -0.2) is 44.7 Å². The van der Waals surface area contributed by atoms with Gasteiger partial charge in [0.15, 0.2) is 9.84 Å². The number of nitrogens with two attached hydrogens (primary N) is 1. The highest BCUT2D eigenvalue weighted by Gasteiger charge is 2.39. The van der Waals surface area contributed by atoms with E-state index in [1.54, 1.807) is 24.3 Å². The van der Waals surface area contributed by atoms with Crippen LogP contribution >= 0.6 is 0 Å². The van der Waals surface area contributed by atoms with Gasteiger partial charge in [-0.15, -0.1) is 0 Å². The second-order valence-electron chi connectivity index (χ2n) is 6.07. The van der Waals surface area contributed by atoms with Gasteiger partial charge in [-0.1, -0.05) is 18.2 Å². The molecule has 2 fully saturated rings. The number of piperidine rings is 1. The molecule has 1 unspecified atom stereocenters. The van der Waals surface area contributed by atoms with E-state index < -0.39 is 9.84 Å². The van der Waals surface area contributed by atoms with Gasteiger partial charge >= 0.3 is 0 Å². The number of nitrogens with zero attached hydrogens (tertiary/aromatic N) is 1. The molecule has 1 aromatic carbocycles. The topological polar surface area (TPSA) is 63.4 Å². The number of likely N-dealkylation sites (tertiary alicyclic amines) is 1. The van der Waals surface area contributed by atoms with Crippen molar-refractivity contribution < 1.29 is 8.42 Å². The predicted octanol–water partition coefficient (Wildman–Crippen LogP) is 1.13. The van der Waals surface area contributed by atoms with E-state index in [0.29, 0.717) is 29.3 Å². The third kappa shape index (κ3) is 2.75.